The van der Waals surface area contributed by atoms with Gasteiger partial charge in [-0.1, -0.05) is 54.6 Å². The summed E-state index contributed by atoms with van der Waals surface area (Å²) in [5.41, 5.74) is 1.46. The number of aryl methyl sites for hydroxylation is 1. The van der Waals surface area contributed by atoms with Crippen molar-refractivity contribution in [3.8, 4) is 0 Å². The molecule has 0 N–H and O–H groups in total. The second-order valence-electron chi connectivity index (χ2n) is 4.50. The Morgan fingerprint density at radius 2 is 1.76 bits per heavy atom. The van der Waals surface area contributed by atoms with E-state index in [1.165, 1.54) is 42.0 Å². The van der Waals surface area contributed by atoms with Crippen molar-refractivity contribution in [2.24, 2.45) is 0 Å². The summed E-state index contributed by atoms with van der Waals surface area (Å²) in [4.78, 5) is 0. The fraction of sp³-hybridized carbons (Fsp3) is 0.294. The Balaban J connectivity index is 1.95. The molecule has 0 nitrogen and oxygen atoms in total. The van der Waals surface area contributed by atoms with Gasteiger partial charge in [-0.05, 0) is 48.9 Å². The van der Waals surface area contributed by atoms with E-state index >= 15 is 0 Å². The molecule has 0 fully saturated rings. The molecule has 0 saturated carbocycles. The Kier molecular flexibility index (Phi) is 4.37. The minimum Gasteiger partial charge on any atom is -0.0917 e. The summed E-state index contributed by atoms with van der Waals surface area (Å²) in [5, 5.41) is 2.70. The molecule has 0 heterocycles. The monoisotopic (exact) mass is 224 g/mol. The Morgan fingerprint density at radius 3 is 2.59 bits per heavy atom. The molecule has 0 aliphatic carbocycles. The van der Waals surface area contributed by atoms with Gasteiger partial charge >= 0.3 is 0 Å². The predicted octanol–water partition coefficient (Wildman–Crippen LogP) is 5.13. The summed E-state index contributed by atoms with van der Waals surface area (Å²) >= 11 is 0. The molecule has 0 heteroatoms. The third-order valence-electron chi connectivity index (χ3n) is 3.14. The van der Waals surface area contributed by atoms with Gasteiger partial charge in [0.25, 0.3) is 0 Å². The maximum atomic E-state index is 2.32. The van der Waals surface area contributed by atoms with Crippen LogP contribution in [-0.4, -0.2) is 0 Å². The first kappa shape index (κ1) is 11.9. The largest absolute Gasteiger partial charge is 0.0917 e. The zero-order valence-corrected chi connectivity index (χ0v) is 10.5. The van der Waals surface area contributed by atoms with Crippen LogP contribution < -0.4 is 0 Å². The standard InChI is InChI=1S/C17H20/c1-2-3-4-5-6-9-15-12-13-16-10-7-8-11-17(16)14-15/h2-3,7-8,10-14H,4-6,9H2,1H3/b3-2+. The summed E-state index contributed by atoms with van der Waals surface area (Å²) in [6.45, 7) is 2.09. The molecule has 0 radical (unpaired) electrons. The lowest BCUT2D eigenvalue weighted by Crippen LogP contribution is -1.85. The van der Waals surface area contributed by atoms with Gasteiger partial charge < -0.3 is 0 Å². The normalized spacial score (nSPS) is 11.4. The van der Waals surface area contributed by atoms with Crippen molar-refractivity contribution in [1.29, 1.82) is 0 Å². The van der Waals surface area contributed by atoms with Crippen LogP contribution in [0.2, 0.25) is 0 Å². The first-order chi connectivity index (χ1) is 8.40. The molecule has 0 spiro atoms. The quantitative estimate of drug-likeness (QED) is 0.488. The van der Waals surface area contributed by atoms with Crippen LogP contribution in [0.5, 0.6) is 0 Å². The summed E-state index contributed by atoms with van der Waals surface area (Å²) in [5.74, 6) is 0. The summed E-state index contributed by atoms with van der Waals surface area (Å²) in [7, 11) is 0. The van der Waals surface area contributed by atoms with E-state index in [9.17, 15) is 0 Å². The molecule has 0 bridgehead atoms. The molecular weight excluding hydrogens is 204 g/mol. The van der Waals surface area contributed by atoms with Crippen molar-refractivity contribution in [3.05, 3.63) is 60.2 Å². The summed E-state index contributed by atoms with van der Waals surface area (Å²) in [6, 6.07) is 15.4. The van der Waals surface area contributed by atoms with E-state index in [1.54, 1.807) is 0 Å². The maximum absolute atomic E-state index is 2.32. The molecule has 2 rings (SSSR count). The van der Waals surface area contributed by atoms with E-state index in [2.05, 4.69) is 61.5 Å². The second kappa shape index (κ2) is 6.24. The zero-order valence-electron chi connectivity index (χ0n) is 10.5. The lowest BCUT2D eigenvalue weighted by molar-refractivity contribution is 0.748. The third-order valence-corrected chi connectivity index (χ3v) is 3.14. The first-order valence-corrected chi connectivity index (χ1v) is 6.49. The van der Waals surface area contributed by atoms with Crippen molar-refractivity contribution in [2.45, 2.75) is 32.6 Å². The molecule has 0 atom stereocenters. The molecule has 2 aromatic carbocycles. The van der Waals surface area contributed by atoms with Crippen LogP contribution in [0, 0.1) is 0 Å². The van der Waals surface area contributed by atoms with Gasteiger partial charge in [-0.2, -0.15) is 0 Å². The summed E-state index contributed by atoms with van der Waals surface area (Å²) < 4.78 is 0. The molecule has 0 aliphatic rings. The van der Waals surface area contributed by atoms with Gasteiger partial charge in [0.15, 0.2) is 0 Å². The number of fused-ring (bicyclic) bond motifs is 1. The average molecular weight is 224 g/mol. The Hall–Kier alpha value is -1.56. The minimum absolute atomic E-state index is 1.20. The zero-order chi connectivity index (χ0) is 11.9. The van der Waals surface area contributed by atoms with Gasteiger partial charge in [0.1, 0.15) is 0 Å². The van der Waals surface area contributed by atoms with Crippen LogP contribution in [0.15, 0.2) is 54.6 Å². The van der Waals surface area contributed by atoms with Gasteiger partial charge in [0, 0.05) is 0 Å². The number of hydrogen-bond acceptors (Lipinski definition) is 0. The van der Waals surface area contributed by atoms with Gasteiger partial charge in [-0.25, -0.2) is 0 Å². The highest BCUT2D eigenvalue weighted by molar-refractivity contribution is 5.82. The highest BCUT2D eigenvalue weighted by atomic mass is 14.0. The highest BCUT2D eigenvalue weighted by Gasteiger charge is 1.96. The van der Waals surface area contributed by atoms with Gasteiger partial charge in [-0.3, -0.25) is 0 Å². The van der Waals surface area contributed by atoms with E-state index in [0.717, 1.165) is 0 Å². The topological polar surface area (TPSA) is 0 Å². The number of allylic oxidation sites excluding steroid dienone is 2. The van der Waals surface area contributed by atoms with E-state index < -0.39 is 0 Å². The summed E-state index contributed by atoms with van der Waals surface area (Å²) in [6.07, 6.45) is 9.36. The maximum Gasteiger partial charge on any atom is -0.0181 e. The van der Waals surface area contributed by atoms with E-state index in [4.69, 9.17) is 0 Å². The van der Waals surface area contributed by atoms with Crippen LogP contribution in [0.1, 0.15) is 31.7 Å². The van der Waals surface area contributed by atoms with Crippen LogP contribution in [0.4, 0.5) is 0 Å². The number of hydrogen-bond donors (Lipinski definition) is 0. The van der Waals surface area contributed by atoms with Crippen molar-refractivity contribution >= 4 is 10.8 Å². The molecule has 0 amide bonds. The van der Waals surface area contributed by atoms with E-state index in [0.29, 0.717) is 0 Å². The van der Waals surface area contributed by atoms with Crippen molar-refractivity contribution < 1.29 is 0 Å². The molecule has 0 aliphatic heterocycles. The fourth-order valence-electron chi connectivity index (χ4n) is 2.15. The molecular formula is C17H20. The Labute approximate surface area is 104 Å². The molecule has 17 heavy (non-hydrogen) atoms. The SMILES string of the molecule is C/C=C/CCCCc1ccc2ccccc2c1. The van der Waals surface area contributed by atoms with Crippen LogP contribution in [0.3, 0.4) is 0 Å². The average Bonchev–Trinajstić information content (AvgIpc) is 2.38. The van der Waals surface area contributed by atoms with Crippen LogP contribution in [-0.2, 0) is 6.42 Å². The molecule has 88 valence electrons. The fourth-order valence-corrected chi connectivity index (χ4v) is 2.15. The van der Waals surface area contributed by atoms with Crippen LogP contribution >= 0.6 is 0 Å². The van der Waals surface area contributed by atoms with Crippen LogP contribution in [0.25, 0.3) is 10.8 Å². The van der Waals surface area contributed by atoms with Crippen molar-refractivity contribution in [2.75, 3.05) is 0 Å². The predicted molar refractivity (Wildman–Crippen MR) is 76.3 cm³/mol. The highest BCUT2D eigenvalue weighted by Crippen LogP contribution is 2.17. The van der Waals surface area contributed by atoms with E-state index in [1.807, 2.05) is 0 Å². The molecule has 0 aromatic heterocycles. The number of benzene rings is 2. The van der Waals surface area contributed by atoms with Gasteiger partial charge in [0.05, 0.1) is 0 Å². The first-order valence-electron chi connectivity index (χ1n) is 6.49. The Morgan fingerprint density at radius 1 is 0.941 bits per heavy atom. The molecule has 0 saturated heterocycles. The van der Waals surface area contributed by atoms with Crippen molar-refractivity contribution in [3.63, 3.8) is 0 Å². The minimum atomic E-state index is 1.20. The van der Waals surface area contributed by atoms with Crippen molar-refractivity contribution in [1.82, 2.24) is 0 Å². The lowest BCUT2D eigenvalue weighted by atomic mass is 10.0. The smallest absolute Gasteiger partial charge is 0.0181 e. The molecule has 2 aromatic rings. The number of unbranched alkanes of at least 4 members (excludes halogenated alkanes) is 2. The third kappa shape index (κ3) is 3.45. The van der Waals surface area contributed by atoms with E-state index in [-0.39, 0.29) is 0 Å². The number of rotatable bonds is 5. The van der Waals surface area contributed by atoms with Gasteiger partial charge in [0.2, 0.25) is 0 Å². The Bertz CT molecular complexity index is 494. The molecule has 0 unspecified atom stereocenters. The second-order valence-corrected chi connectivity index (χ2v) is 4.50. The lowest BCUT2D eigenvalue weighted by Gasteiger charge is -2.03. The van der Waals surface area contributed by atoms with Gasteiger partial charge in [-0.15, -0.1) is 0 Å².